The van der Waals surface area contributed by atoms with Crippen LogP contribution in [0.15, 0.2) is 29.2 Å². The van der Waals surface area contributed by atoms with Gasteiger partial charge in [-0.2, -0.15) is 0 Å². The van der Waals surface area contributed by atoms with E-state index in [1.165, 1.54) is 31.0 Å². The van der Waals surface area contributed by atoms with E-state index in [-0.39, 0.29) is 29.5 Å². The van der Waals surface area contributed by atoms with Crippen LogP contribution in [0.25, 0.3) is 0 Å². The van der Waals surface area contributed by atoms with Gasteiger partial charge in [0.2, 0.25) is 5.91 Å². The lowest BCUT2D eigenvalue weighted by atomic mass is 10.1. The summed E-state index contributed by atoms with van der Waals surface area (Å²) in [6, 6.07) is 6.28. The molecule has 6 nitrogen and oxygen atoms in total. The smallest absolute Gasteiger partial charge is 0.308 e. The normalized spacial score (nSPS) is 12.7. The van der Waals surface area contributed by atoms with Gasteiger partial charge in [-0.05, 0) is 17.7 Å². The van der Waals surface area contributed by atoms with E-state index in [1.807, 2.05) is 0 Å². The van der Waals surface area contributed by atoms with Crippen molar-refractivity contribution in [3.8, 4) is 0 Å². The van der Waals surface area contributed by atoms with Crippen LogP contribution in [0.3, 0.4) is 0 Å². The Morgan fingerprint density at radius 1 is 1.32 bits per heavy atom. The number of amides is 1. The Morgan fingerprint density at radius 3 is 2.50 bits per heavy atom. The van der Waals surface area contributed by atoms with Crippen LogP contribution in [0.1, 0.15) is 19.4 Å². The van der Waals surface area contributed by atoms with Gasteiger partial charge in [0.1, 0.15) is 0 Å². The number of nitrogens with zero attached hydrogens (tertiary/aromatic N) is 1. The number of hydrogen-bond acceptors (Lipinski definition) is 4. The number of carbonyl (C=O) groups excluding carboxylic acids is 1. The molecule has 0 aromatic heterocycles. The standard InChI is InChI=1S/C15H21NO5S/c1-4-22(20,21)13-7-5-6-12(8-13)9-14(17)16(3)10-11(2)15(18)19/h5-8,11H,4,9-10H2,1-3H3,(H,18,19). The minimum Gasteiger partial charge on any atom is -0.481 e. The molecule has 22 heavy (non-hydrogen) atoms. The van der Waals surface area contributed by atoms with Gasteiger partial charge < -0.3 is 10.0 Å². The van der Waals surface area contributed by atoms with Gasteiger partial charge in [0.15, 0.2) is 9.84 Å². The van der Waals surface area contributed by atoms with Gasteiger partial charge in [0.05, 0.1) is 23.0 Å². The average Bonchev–Trinajstić information content (AvgIpc) is 2.47. The van der Waals surface area contributed by atoms with Gasteiger partial charge in [-0.15, -0.1) is 0 Å². The topological polar surface area (TPSA) is 91.8 Å². The van der Waals surface area contributed by atoms with Crippen LogP contribution >= 0.6 is 0 Å². The van der Waals surface area contributed by atoms with Crippen LogP contribution in [-0.2, 0) is 25.8 Å². The Morgan fingerprint density at radius 2 is 1.95 bits per heavy atom. The highest BCUT2D eigenvalue weighted by Gasteiger charge is 2.18. The molecule has 0 saturated carbocycles. The lowest BCUT2D eigenvalue weighted by molar-refractivity contribution is -0.142. The van der Waals surface area contributed by atoms with Gasteiger partial charge in [-0.3, -0.25) is 9.59 Å². The number of hydrogen-bond donors (Lipinski definition) is 1. The molecule has 1 amide bonds. The number of carboxylic acids is 1. The fourth-order valence-corrected chi connectivity index (χ4v) is 2.87. The summed E-state index contributed by atoms with van der Waals surface area (Å²) in [6.45, 7) is 3.20. The SMILES string of the molecule is CCS(=O)(=O)c1cccc(CC(=O)N(C)CC(C)C(=O)O)c1. The van der Waals surface area contributed by atoms with Crippen molar-refractivity contribution in [1.29, 1.82) is 0 Å². The Kier molecular flexibility index (Phi) is 6.11. The molecule has 0 bridgehead atoms. The molecule has 0 heterocycles. The lowest BCUT2D eigenvalue weighted by Crippen LogP contribution is -2.34. The summed E-state index contributed by atoms with van der Waals surface area (Å²) in [5.74, 6) is -1.86. The fraction of sp³-hybridized carbons (Fsp3) is 0.467. The molecule has 1 N–H and O–H groups in total. The van der Waals surface area contributed by atoms with Crippen LogP contribution in [0.4, 0.5) is 0 Å². The quantitative estimate of drug-likeness (QED) is 0.812. The molecular weight excluding hydrogens is 306 g/mol. The van der Waals surface area contributed by atoms with E-state index >= 15 is 0 Å². The van der Waals surface area contributed by atoms with Crippen molar-refractivity contribution in [2.24, 2.45) is 5.92 Å². The summed E-state index contributed by atoms with van der Waals surface area (Å²) in [5, 5.41) is 8.85. The molecule has 1 atom stereocenters. The van der Waals surface area contributed by atoms with Gasteiger partial charge in [0.25, 0.3) is 0 Å². The largest absolute Gasteiger partial charge is 0.481 e. The zero-order valence-corrected chi connectivity index (χ0v) is 13.8. The van der Waals surface area contributed by atoms with Crippen LogP contribution in [0.2, 0.25) is 0 Å². The molecule has 7 heteroatoms. The maximum Gasteiger partial charge on any atom is 0.308 e. The average molecular weight is 327 g/mol. The van der Waals surface area contributed by atoms with E-state index in [0.29, 0.717) is 5.56 Å². The summed E-state index contributed by atoms with van der Waals surface area (Å²) in [4.78, 5) is 24.4. The number of carbonyl (C=O) groups is 2. The summed E-state index contributed by atoms with van der Waals surface area (Å²) in [6.07, 6.45) is 0.0376. The van der Waals surface area contributed by atoms with Crippen molar-refractivity contribution in [2.45, 2.75) is 25.2 Å². The molecule has 0 fully saturated rings. The minimum atomic E-state index is -3.31. The molecule has 0 spiro atoms. The van der Waals surface area contributed by atoms with E-state index in [2.05, 4.69) is 0 Å². The first-order valence-corrected chi connectivity index (χ1v) is 8.61. The van der Waals surface area contributed by atoms with Gasteiger partial charge >= 0.3 is 5.97 Å². The molecule has 0 radical (unpaired) electrons. The highest BCUT2D eigenvalue weighted by atomic mass is 32.2. The summed E-state index contributed by atoms with van der Waals surface area (Å²) in [7, 11) is -1.77. The van der Waals surface area contributed by atoms with E-state index in [9.17, 15) is 18.0 Å². The third kappa shape index (κ3) is 4.84. The molecule has 1 aromatic carbocycles. The van der Waals surface area contributed by atoms with E-state index in [1.54, 1.807) is 19.1 Å². The Labute approximate surface area is 130 Å². The summed E-state index contributed by atoms with van der Waals surface area (Å²) in [5.41, 5.74) is 0.592. The van der Waals surface area contributed by atoms with Crippen molar-refractivity contribution in [1.82, 2.24) is 4.90 Å². The summed E-state index contributed by atoms with van der Waals surface area (Å²) >= 11 is 0. The molecule has 122 valence electrons. The van der Waals surface area contributed by atoms with Crippen molar-refractivity contribution in [2.75, 3.05) is 19.3 Å². The van der Waals surface area contributed by atoms with Crippen molar-refractivity contribution in [3.63, 3.8) is 0 Å². The Hall–Kier alpha value is -1.89. The molecule has 0 aliphatic heterocycles. The maximum absolute atomic E-state index is 12.1. The lowest BCUT2D eigenvalue weighted by Gasteiger charge is -2.19. The second-order valence-electron chi connectivity index (χ2n) is 5.24. The summed E-state index contributed by atoms with van der Waals surface area (Å²) < 4.78 is 23.7. The van der Waals surface area contributed by atoms with Gasteiger partial charge in [-0.1, -0.05) is 26.0 Å². The molecule has 1 aromatic rings. The van der Waals surface area contributed by atoms with Crippen molar-refractivity contribution >= 4 is 21.7 Å². The monoisotopic (exact) mass is 327 g/mol. The first kappa shape index (κ1) is 18.2. The second-order valence-corrected chi connectivity index (χ2v) is 7.52. The van der Waals surface area contributed by atoms with Crippen LogP contribution in [0.5, 0.6) is 0 Å². The van der Waals surface area contributed by atoms with Crippen LogP contribution in [-0.4, -0.2) is 49.6 Å². The Balaban J connectivity index is 2.81. The van der Waals surface area contributed by atoms with Crippen LogP contribution < -0.4 is 0 Å². The zero-order valence-electron chi connectivity index (χ0n) is 12.9. The van der Waals surface area contributed by atoms with Crippen molar-refractivity contribution < 1.29 is 23.1 Å². The van der Waals surface area contributed by atoms with E-state index in [4.69, 9.17) is 5.11 Å². The molecule has 0 aliphatic rings. The number of rotatable bonds is 7. The molecular formula is C15H21NO5S. The predicted octanol–water partition coefficient (Wildman–Crippen LogP) is 1.20. The third-order valence-electron chi connectivity index (χ3n) is 3.39. The van der Waals surface area contributed by atoms with Gasteiger partial charge in [-0.25, -0.2) is 8.42 Å². The number of likely N-dealkylation sites (N-methyl/N-ethyl adjacent to an activating group) is 1. The van der Waals surface area contributed by atoms with Crippen LogP contribution in [0, 0.1) is 5.92 Å². The fourth-order valence-electron chi connectivity index (χ4n) is 1.92. The highest BCUT2D eigenvalue weighted by Crippen LogP contribution is 2.14. The third-order valence-corrected chi connectivity index (χ3v) is 5.12. The number of benzene rings is 1. The minimum absolute atomic E-state index is 0.000425. The van der Waals surface area contributed by atoms with E-state index in [0.717, 1.165) is 0 Å². The maximum atomic E-state index is 12.1. The van der Waals surface area contributed by atoms with Crippen molar-refractivity contribution in [3.05, 3.63) is 29.8 Å². The number of sulfone groups is 1. The van der Waals surface area contributed by atoms with E-state index < -0.39 is 21.7 Å². The molecule has 1 unspecified atom stereocenters. The number of carboxylic acid groups (broad SMARTS) is 1. The first-order valence-electron chi connectivity index (χ1n) is 6.95. The molecule has 0 saturated heterocycles. The molecule has 0 aliphatic carbocycles. The highest BCUT2D eigenvalue weighted by molar-refractivity contribution is 7.91. The Bertz CT molecular complexity index is 654. The molecule has 1 rings (SSSR count). The zero-order chi connectivity index (χ0) is 16.9. The van der Waals surface area contributed by atoms with Gasteiger partial charge in [0, 0.05) is 13.6 Å². The predicted molar refractivity (Wildman–Crippen MR) is 82.3 cm³/mol. The number of aliphatic carboxylic acids is 1. The second kappa shape index (κ2) is 7.40. The first-order chi connectivity index (χ1) is 10.2.